The predicted octanol–water partition coefficient (Wildman–Crippen LogP) is 1.75. The Bertz CT molecular complexity index is 453. The molecule has 1 rings (SSSR count). The van der Waals surface area contributed by atoms with Crippen LogP contribution in [0, 0.1) is 0 Å². The average Bonchev–Trinajstić information content (AvgIpc) is 2.44. The lowest BCUT2D eigenvalue weighted by Gasteiger charge is -2.25. The van der Waals surface area contributed by atoms with E-state index in [4.69, 9.17) is 22.7 Å². The summed E-state index contributed by atoms with van der Waals surface area (Å²) >= 11 is 4.88. The summed E-state index contributed by atoms with van der Waals surface area (Å²) < 4.78 is 5.24. The van der Waals surface area contributed by atoms with E-state index in [0.717, 1.165) is 11.1 Å². The number of amides is 1. The van der Waals surface area contributed by atoms with Gasteiger partial charge in [0.2, 0.25) is 0 Å². The molecule has 0 aromatic heterocycles. The molecule has 0 heterocycles. The summed E-state index contributed by atoms with van der Waals surface area (Å²) in [5.74, 6) is -0.115. The van der Waals surface area contributed by atoms with Crippen LogP contribution in [0.25, 0.3) is 0 Å². The second-order valence-electron chi connectivity index (χ2n) is 4.53. The Morgan fingerprint density at radius 3 is 2.42 bits per heavy atom. The Morgan fingerprint density at radius 2 is 2.00 bits per heavy atom. The van der Waals surface area contributed by atoms with Crippen molar-refractivity contribution in [2.24, 2.45) is 5.73 Å². The van der Waals surface area contributed by atoms with Gasteiger partial charge in [-0.15, -0.1) is 0 Å². The minimum Gasteiger partial charge on any atom is -0.389 e. The fourth-order valence-electron chi connectivity index (χ4n) is 1.55. The van der Waals surface area contributed by atoms with Crippen molar-refractivity contribution in [2.75, 3.05) is 7.11 Å². The van der Waals surface area contributed by atoms with E-state index in [-0.39, 0.29) is 5.91 Å². The molecule has 1 atom stereocenters. The van der Waals surface area contributed by atoms with E-state index in [9.17, 15) is 4.79 Å². The first-order chi connectivity index (χ1) is 8.92. The Hall–Kier alpha value is -1.46. The van der Waals surface area contributed by atoms with Crippen LogP contribution in [-0.4, -0.2) is 23.6 Å². The minimum absolute atomic E-state index is 0.115. The maximum Gasteiger partial charge on any atom is 0.252 e. The number of nitrogens with one attached hydrogen (secondary N) is 1. The van der Waals surface area contributed by atoms with Crippen molar-refractivity contribution in [1.82, 2.24) is 5.32 Å². The lowest BCUT2D eigenvalue weighted by atomic mass is 10.0. The van der Waals surface area contributed by atoms with E-state index >= 15 is 0 Å². The van der Waals surface area contributed by atoms with Crippen molar-refractivity contribution in [3.63, 3.8) is 0 Å². The Kier molecular flexibility index (Phi) is 5.44. The monoisotopic (exact) mass is 280 g/mol. The summed E-state index contributed by atoms with van der Waals surface area (Å²) in [6.07, 6.45) is 0.621. The van der Waals surface area contributed by atoms with Crippen LogP contribution in [0.15, 0.2) is 24.3 Å². The van der Waals surface area contributed by atoms with Crippen molar-refractivity contribution in [1.29, 1.82) is 0 Å². The highest BCUT2D eigenvalue weighted by Crippen LogP contribution is 2.14. The molecule has 0 fully saturated rings. The molecule has 0 saturated heterocycles. The first-order valence-corrected chi connectivity index (χ1v) is 6.56. The van der Waals surface area contributed by atoms with E-state index < -0.39 is 5.60 Å². The third-order valence-corrected chi connectivity index (χ3v) is 3.53. The number of benzene rings is 1. The summed E-state index contributed by atoms with van der Waals surface area (Å²) in [6, 6.07) is 7.48. The number of nitrogens with two attached hydrogens (primary N) is 1. The van der Waals surface area contributed by atoms with E-state index in [1.807, 2.05) is 31.2 Å². The molecular weight excluding hydrogens is 260 g/mol. The van der Waals surface area contributed by atoms with Crippen LogP contribution in [0.2, 0.25) is 0 Å². The number of rotatable bonds is 6. The molecule has 104 valence electrons. The molecule has 0 radical (unpaired) electrons. The molecule has 0 aliphatic rings. The first kappa shape index (κ1) is 15.6. The molecule has 0 bridgehead atoms. The van der Waals surface area contributed by atoms with Crippen LogP contribution in [-0.2, 0) is 16.1 Å². The molecule has 4 nitrogen and oxygen atoms in total. The Labute approximate surface area is 119 Å². The van der Waals surface area contributed by atoms with Gasteiger partial charge in [-0.3, -0.25) is 4.79 Å². The van der Waals surface area contributed by atoms with Crippen LogP contribution in [0.3, 0.4) is 0 Å². The van der Waals surface area contributed by atoms with Gasteiger partial charge in [0.15, 0.2) is 0 Å². The fraction of sp³-hybridized carbons (Fsp3) is 0.429. The average molecular weight is 280 g/mol. The lowest BCUT2D eigenvalue weighted by Crippen LogP contribution is -2.45. The van der Waals surface area contributed by atoms with Gasteiger partial charge < -0.3 is 15.8 Å². The molecule has 1 aromatic carbocycles. The SMILES string of the molecule is CCC(C)(OC)C(=O)NCc1ccc(C(N)=S)cc1. The molecule has 3 N–H and O–H groups in total. The third kappa shape index (κ3) is 4.01. The highest BCUT2D eigenvalue weighted by atomic mass is 32.1. The number of ether oxygens (including phenoxy) is 1. The third-order valence-electron chi connectivity index (χ3n) is 3.30. The van der Waals surface area contributed by atoms with Gasteiger partial charge in [0.25, 0.3) is 5.91 Å². The summed E-state index contributed by atoms with van der Waals surface area (Å²) in [5, 5.41) is 2.86. The van der Waals surface area contributed by atoms with Crippen LogP contribution in [0.5, 0.6) is 0 Å². The summed E-state index contributed by atoms with van der Waals surface area (Å²) in [5.41, 5.74) is 6.55. The predicted molar refractivity (Wildman–Crippen MR) is 79.9 cm³/mol. The van der Waals surface area contributed by atoms with Gasteiger partial charge in [-0.25, -0.2) is 0 Å². The van der Waals surface area contributed by atoms with E-state index in [0.29, 0.717) is 18.0 Å². The summed E-state index contributed by atoms with van der Waals surface area (Å²) in [4.78, 5) is 12.4. The highest BCUT2D eigenvalue weighted by molar-refractivity contribution is 7.80. The molecule has 0 saturated carbocycles. The molecule has 1 amide bonds. The molecule has 1 aromatic rings. The number of hydrogen-bond acceptors (Lipinski definition) is 3. The lowest BCUT2D eigenvalue weighted by molar-refractivity contribution is -0.142. The van der Waals surface area contributed by atoms with E-state index in [2.05, 4.69) is 5.32 Å². The van der Waals surface area contributed by atoms with Gasteiger partial charge in [0.05, 0.1) is 0 Å². The number of thiocarbonyl (C=S) groups is 1. The molecule has 5 heteroatoms. The zero-order valence-electron chi connectivity index (χ0n) is 11.5. The van der Waals surface area contributed by atoms with Crippen molar-refractivity contribution < 1.29 is 9.53 Å². The van der Waals surface area contributed by atoms with Gasteiger partial charge in [-0.05, 0) is 18.9 Å². The maximum atomic E-state index is 12.0. The molecule has 0 aliphatic heterocycles. The molecule has 1 unspecified atom stereocenters. The number of hydrogen-bond donors (Lipinski definition) is 2. The smallest absolute Gasteiger partial charge is 0.252 e. The van der Waals surface area contributed by atoms with Gasteiger partial charge in [0, 0.05) is 19.2 Å². The largest absolute Gasteiger partial charge is 0.389 e. The van der Waals surface area contributed by atoms with E-state index in [1.165, 1.54) is 0 Å². The van der Waals surface area contributed by atoms with Crippen molar-refractivity contribution in [3.8, 4) is 0 Å². The van der Waals surface area contributed by atoms with Crippen LogP contribution >= 0.6 is 12.2 Å². The van der Waals surface area contributed by atoms with Crippen LogP contribution in [0.4, 0.5) is 0 Å². The van der Waals surface area contributed by atoms with Gasteiger partial charge in [-0.1, -0.05) is 43.4 Å². The number of carbonyl (C=O) groups excluding carboxylic acids is 1. The van der Waals surface area contributed by atoms with Crippen LogP contribution < -0.4 is 11.1 Å². The summed E-state index contributed by atoms with van der Waals surface area (Å²) in [7, 11) is 1.54. The number of methoxy groups -OCH3 is 1. The minimum atomic E-state index is -0.779. The standard InChI is InChI=1S/C14H20N2O2S/c1-4-14(2,18-3)13(17)16-9-10-5-7-11(8-6-10)12(15)19/h5-8H,4,9H2,1-3H3,(H2,15,19)(H,16,17). The van der Waals surface area contributed by atoms with Crippen molar-refractivity contribution >= 4 is 23.1 Å². The van der Waals surface area contributed by atoms with Gasteiger partial charge >= 0.3 is 0 Å². The fourth-order valence-corrected chi connectivity index (χ4v) is 1.69. The zero-order valence-corrected chi connectivity index (χ0v) is 12.3. The molecule has 19 heavy (non-hydrogen) atoms. The highest BCUT2D eigenvalue weighted by Gasteiger charge is 2.30. The van der Waals surface area contributed by atoms with Crippen molar-refractivity contribution in [3.05, 3.63) is 35.4 Å². The molecule has 0 spiro atoms. The van der Waals surface area contributed by atoms with Crippen molar-refractivity contribution in [2.45, 2.75) is 32.4 Å². The van der Waals surface area contributed by atoms with E-state index in [1.54, 1.807) is 14.0 Å². The van der Waals surface area contributed by atoms with Gasteiger partial charge in [0.1, 0.15) is 10.6 Å². The second-order valence-corrected chi connectivity index (χ2v) is 4.97. The normalized spacial score (nSPS) is 13.6. The van der Waals surface area contributed by atoms with Gasteiger partial charge in [-0.2, -0.15) is 0 Å². The quantitative estimate of drug-likeness (QED) is 0.779. The first-order valence-electron chi connectivity index (χ1n) is 6.15. The maximum absolute atomic E-state index is 12.0. The topological polar surface area (TPSA) is 64.3 Å². The molecular formula is C14H20N2O2S. The summed E-state index contributed by atoms with van der Waals surface area (Å²) in [6.45, 7) is 4.15. The zero-order chi connectivity index (χ0) is 14.5. The second kappa shape index (κ2) is 6.63. The Balaban J connectivity index is 2.62. The Morgan fingerprint density at radius 1 is 1.42 bits per heavy atom. The van der Waals surface area contributed by atoms with Crippen LogP contribution in [0.1, 0.15) is 31.4 Å². The molecule has 0 aliphatic carbocycles. The number of carbonyl (C=O) groups is 1.